The van der Waals surface area contributed by atoms with Crippen LogP contribution >= 0.6 is 0 Å². The largest absolute Gasteiger partial charge is 0.256 e. The molecule has 0 bridgehead atoms. The van der Waals surface area contributed by atoms with Gasteiger partial charge < -0.3 is 0 Å². The van der Waals surface area contributed by atoms with E-state index in [1.807, 2.05) is 54.6 Å². The lowest BCUT2D eigenvalue weighted by Crippen LogP contribution is -2.28. The molecule has 0 unspecified atom stereocenters. The maximum Gasteiger partial charge on any atom is 0.182 e. The van der Waals surface area contributed by atoms with Crippen LogP contribution in [0.4, 0.5) is 4.39 Å². The zero-order valence-corrected chi connectivity index (χ0v) is 23.9. The number of sulfone groups is 2. The van der Waals surface area contributed by atoms with Crippen LogP contribution in [0.3, 0.4) is 0 Å². The quantitative estimate of drug-likeness (QED) is 0.210. The third-order valence-corrected chi connectivity index (χ3v) is 11.1. The van der Waals surface area contributed by atoms with Gasteiger partial charge in [0.2, 0.25) is 0 Å². The fourth-order valence-electron chi connectivity index (χ4n) is 4.59. The third kappa shape index (κ3) is 5.42. The summed E-state index contributed by atoms with van der Waals surface area (Å²) in [5.74, 6) is -0.659. The van der Waals surface area contributed by atoms with Gasteiger partial charge in [0.15, 0.2) is 19.7 Å². The lowest BCUT2D eigenvalue weighted by molar-refractivity contribution is 0.561. The summed E-state index contributed by atoms with van der Waals surface area (Å²) < 4.78 is 63.8. The lowest BCUT2D eigenvalue weighted by Gasteiger charge is -2.24. The number of fused-ring (bicyclic) bond motifs is 1. The van der Waals surface area contributed by atoms with E-state index in [0.717, 1.165) is 27.6 Å². The van der Waals surface area contributed by atoms with Gasteiger partial charge in [0.25, 0.3) is 0 Å². The number of hydrogen-bond donors (Lipinski definition) is 0. The van der Waals surface area contributed by atoms with Crippen molar-refractivity contribution < 1.29 is 21.2 Å². The van der Waals surface area contributed by atoms with Crippen molar-refractivity contribution >= 4 is 30.6 Å². The number of hydrogen-bond acceptors (Lipinski definition) is 5. The molecular weight excluding hydrogens is 545 g/mol. The highest BCUT2D eigenvalue weighted by molar-refractivity contribution is 7.91. The monoisotopic (exact) mass is 573 g/mol. The van der Waals surface area contributed by atoms with Crippen molar-refractivity contribution in [1.29, 1.82) is 0 Å². The van der Waals surface area contributed by atoms with Crippen molar-refractivity contribution in [3.63, 3.8) is 0 Å². The Hall–Kier alpha value is -3.88. The molecule has 5 aromatic rings. The summed E-state index contributed by atoms with van der Waals surface area (Å²) in [5, 5.41) is 0.825. The molecule has 5 rings (SSSR count). The molecule has 8 heteroatoms. The molecule has 0 radical (unpaired) electrons. The smallest absolute Gasteiger partial charge is 0.182 e. The van der Waals surface area contributed by atoms with Crippen LogP contribution < -0.4 is 0 Å². The van der Waals surface area contributed by atoms with Crippen molar-refractivity contribution in [3.8, 4) is 22.3 Å². The maximum atomic E-state index is 13.3. The van der Waals surface area contributed by atoms with Crippen LogP contribution in [0.2, 0.25) is 0 Å². The SMILES string of the molecule is CC(C)(c1cc(-c2cccc(-c3cccc(S(=O)(=O)Cc4ccc(F)cc4)c3)c2)c2ncccc2c1)S(C)(=O)=O. The van der Waals surface area contributed by atoms with E-state index in [1.54, 1.807) is 38.2 Å². The minimum Gasteiger partial charge on any atom is -0.256 e. The first-order valence-electron chi connectivity index (χ1n) is 12.6. The first-order valence-corrected chi connectivity index (χ1v) is 16.2. The van der Waals surface area contributed by atoms with E-state index in [2.05, 4.69) is 4.98 Å². The minimum absolute atomic E-state index is 0.170. The molecular formula is C32H28FNO4S2. The number of benzene rings is 4. The summed E-state index contributed by atoms with van der Waals surface area (Å²) in [4.78, 5) is 4.75. The van der Waals surface area contributed by atoms with Crippen molar-refractivity contribution in [2.24, 2.45) is 0 Å². The van der Waals surface area contributed by atoms with Gasteiger partial charge in [-0.1, -0.05) is 48.5 Å². The standard InChI is InChI=1S/C32H28FNO4S2/c1-32(2,39(3,35)36)27-18-26-10-6-16-34-31(26)30(20-27)25-9-4-7-23(17-25)24-8-5-11-29(19-24)40(37,38)21-22-12-14-28(33)15-13-22/h4-20H,21H2,1-3H3. The molecule has 204 valence electrons. The zero-order chi connectivity index (χ0) is 28.7. The lowest BCUT2D eigenvalue weighted by atomic mass is 9.92. The van der Waals surface area contributed by atoms with Gasteiger partial charge >= 0.3 is 0 Å². The fourth-order valence-corrected chi connectivity index (χ4v) is 6.53. The van der Waals surface area contributed by atoms with Crippen LogP contribution in [-0.2, 0) is 30.2 Å². The Bertz CT molecular complexity index is 1950. The highest BCUT2D eigenvalue weighted by atomic mass is 32.2. The Balaban J connectivity index is 1.58. The summed E-state index contributed by atoms with van der Waals surface area (Å²) in [6, 6.07) is 27.3. The topological polar surface area (TPSA) is 81.2 Å². The highest BCUT2D eigenvalue weighted by Crippen LogP contribution is 2.37. The molecule has 5 nitrogen and oxygen atoms in total. The molecule has 4 aromatic carbocycles. The predicted octanol–water partition coefficient (Wildman–Crippen LogP) is 6.96. The Kier molecular flexibility index (Phi) is 7.10. The average Bonchev–Trinajstić information content (AvgIpc) is 2.93. The van der Waals surface area contributed by atoms with Crippen LogP contribution in [0.25, 0.3) is 33.2 Å². The summed E-state index contributed by atoms with van der Waals surface area (Å²) in [7, 11) is -7.09. The molecule has 0 atom stereocenters. The number of aromatic nitrogens is 1. The maximum absolute atomic E-state index is 13.3. The van der Waals surface area contributed by atoms with E-state index in [1.165, 1.54) is 30.5 Å². The van der Waals surface area contributed by atoms with E-state index in [0.29, 0.717) is 16.7 Å². The summed E-state index contributed by atoms with van der Waals surface area (Å²) >= 11 is 0. The minimum atomic E-state index is -3.67. The van der Waals surface area contributed by atoms with Crippen molar-refractivity contribution in [1.82, 2.24) is 4.98 Å². The second kappa shape index (κ2) is 10.3. The molecule has 0 saturated heterocycles. The van der Waals surface area contributed by atoms with Gasteiger partial charge in [-0.2, -0.15) is 0 Å². The first-order chi connectivity index (χ1) is 18.8. The number of rotatable bonds is 7. The van der Waals surface area contributed by atoms with Crippen LogP contribution in [0.15, 0.2) is 108 Å². The van der Waals surface area contributed by atoms with E-state index >= 15 is 0 Å². The van der Waals surface area contributed by atoms with Crippen molar-refractivity contribution in [3.05, 3.63) is 120 Å². The second-order valence-corrected chi connectivity index (χ2v) is 14.9. The van der Waals surface area contributed by atoms with Gasteiger partial charge in [0.05, 0.1) is 20.9 Å². The Morgan fingerprint density at radius 3 is 2.10 bits per heavy atom. The molecule has 1 heterocycles. The summed E-state index contributed by atoms with van der Waals surface area (Å²) in [6.45, 7) is 3.38. The van der Waals surface area contributed by atoms with Crippen LogP contribution in [0.1, 0.15) is 25.0 Å². The van der Waals surface area contributed by atoms with Gasteiger partial charge in [-0.15, -0.1) is 0 Å². The summed E-state index contributed by atoms with van der Waals surface area (Å²) in [6.07, 6.45) is 2.93. The Labute approximate surface area is 234 Å². The molecule has 0 spiro atoms. The molecule has 0 fully saturated rings. The van der Waals surface area contributed by atoms with Gasteiger partial charge in [0, 0.05) is 23.4 Å². The highest BCUT2D eigenvalue weighted by Gasteiger charge is 2.33. The second-order valence-electron chi connectivity index (χ2n) is 10.4. The molecule has 40 heavy (non-hydrogen) atoms. The van der Waals surface area contributed by atoms with E-state index in [9.17, 15) is 21.2 Å². The van der Waals surface area contributed by atoms with E-state index in [-0.39, 0.29) is 10.6 Å². The zero-order valence-electron chi connectivity index (χ0n) is 22.3. The molecule has 0 aliphatic rings. The Morgan fingerprint density at radius 1 is 0.750 bits per heavy atom. The van der Waals surface area contributed by atoms with Crippen molar-refractivity contribution in [2.45, 2.75) is 29.2 Å². The van der Waals surface area contributed by atoms with Crippen LogP contribution in [0.5, 0.6) is 0 Å². The molecule has 0 N–H and O–H groups in total. The van der Waals surface area contributed by atoms with Gasteiger partial charge in [-0.3, -0.25) is 4.98 Å². The molecule has 1 aromatic heterocycles. The van der Waals surface area contributed by atoms with Crippen LogP contribution in [-0.4, -0.2) is 28.1 Å². The van der Waals surface area contributed by atoms with Gasteiger partial charge in [-0.25, -0.2) is 21.2 Å². The third-order valence-electron chi connectivity index (χ3n) is 7.30. The first kappa shape index (κ1) is 27.7. The van der Waals surface area contributed by atoms with Crippen LogP contribution in [0, 0.1) is 5.82 Å². The van der Waals surface area contributed by atoms with E-state index < -0.39 is 30.2 Å². The molecule has 0 saturated carbocycles. The molecule has 0 aliphatic heterocycles. The molecule has 0 aliphatic carbocycles. The van der Waals surface area contributed by atoms with Gasteiger partial charge in [0.1, 0.15) is 5.82 Å². The number of nitrogens with zero attached hydrogens (tertiary/aromatic N) is 1. The number of halogens is 1. The molecule has 0 amide bonds. The number of pyridine rings is 1. The summed E-state index contributed by atoms with van der Waals surface area (Å²) in [5.41, 5.74) is 5.02. The Morgan fingerprint density at radius 2 is 1.40 bits per heavy atom. The average molecular weight is 574 g/mol. The fraction of sp³-hybridized carbons (Fsp3) is 0.156. The predicted molar refractivity (Wildman–Crippen MR) is 158 cm³/mol. The van der Waals surface area contributed by atoms with E-state index in [4.69, 9.17) is 0 Å². The van der Waals surface area contributed by atoms with Crippen molar-refractivity contribution in [2.75, 3.05) is 6.26 Å². The normalized spacial score (nSPS) is 12.5. The van der Waals surface area contributed by atoms with Gasteiger partial charge in [-0.05, 0) is 90.2 Å².